The summed E-state index contributed by atoms with van der Waals surface area (Å²) in [5.74, 6) is -0.0872. The minimum absolute atomic E-state index is 0.205. The second-order valence-corrected chi connectivity index (χ2v) is 4.77. The van der Waals surface area contributed by atoms with Crippen LogP contribution in [0.2, 0.25) is 10.0 Å². The van der Waals surface area contributed by atoms with E-state index in [1.807, 2.05) is 6.07 Å². The number of hydrogen-bond donors (Lipinski definition) is 0. The molecule has 0 atom stereocenters. The minimum atomic E-state index is -0.292. The molecule has 0 saturated carbocycles. The van der Waals surface area contributed by atoms with Crippen LogP contribution in [-0.4, -0.2) is 10.8 Å². The molecule has 0 aliphatic carbocycles. The third-order valence-corrected chi connectivity index (χ3v) is 3.34. The number of carbonyl (C=O) groups excluding carboxylic acids is 1. The van der Waals surface area contributed by atoms with Crippen molar-refractivity contribution in [2.75, 3.05) is 0 Å². The van der Waals surface area contributed by atoms with E-state index in [0.29, 0.717) is 21.2 Å². The third-order valence-electron chi connectivity index (χ3n) is 2.74. The quantitative estimate of drug-likeness (QED) is 0.659. The lowest BCUT2D eigenvalue weighted by Gasteiger charge is -1.99. The molecule has 0 amide bonds. The van der Waals surface area contributed by atoms with Gasteiger partial charge in [0.25, 0.3) is 0 Å². The van der Waals surface area contributed by atoms with Crippen molar-refractivity contribution in [1.29, 1.82) is 0 Å². The van der Waals surface area contributed by atoms with Crippen LogP contribution < -0.4 is 0 Å². The van der Waals surface area contributed by atoms with Crippen LogP contribution in [0.5, 0.6) is 0 Å². The Labute approximate surface area is 118 Å². The zero-order valence-electron chi connectivity index (χ0n) is 9.56. The van der Waals surface area contributed by atoms with E-state index in [0.717, 1.165) is 5.39 Å². The normalized spacial score (nSPS) is 10.8. The number of pyridine rings is 1. The van der Waals surface area contributed by atoms with Crippen LogP contribution in [0.15, 0.2) is 47.1 Å². The van der Waals surface area contributed by atoms with Crippen LogP contribution in [0.1, 0.15) is 16.1 Å². The van der Waals surface area contributed by atoms with Crippen molar-refractivity contribution in [3.63, 3.8) is 0 Å². The lowest BCUT2D eigenvalue weighted by Crippen LogP contribution is -2.00. The molecule has 3 nitrogen and oxygen atoms in total. The molecule has 0 N–H and O–H groups in total. The van der Waals surface area contributed by atoms with E-state index < -0.39 is 0 Å². The van der Waals surface area contributed by atoms with Gasteiger partial charge in [0.1, 0.15) is 0 Å². The molecule has 0 bridgehead atoms. The van der Waals surface area contributed by atoms with Gasteiger partial charge in [0, 0.05) is 23.3 Å². The van der Waals surface area contributed by atoms with Crippen LogP contribution in [-0.2, 0) is 0 Å². The number of para-hydroxylation sites is 1. The maximum atomic E-state index is 12.3. The number of furan rings is 1. The maximum Gasteiger partial charge on any atom is 0.229 e. The van der Waals surface area contributed by atoms with Gasteiger partial charge in [0.2, 0.25) is 5.78 Å². The summed E-state index contributed by atoms with van der Waals surface area (Å²) < 4.78 is 5.51. The molecule has 1 aromatic carbocycles. The van der Waals surface area contributed by atoms with Crippen molar-refractivity contribution >= 4 is 40.0 Å². The SMILES string of the molecule is O=C(c1cc2cccc(Cl)c2o1)c1ccncc1Cl. The molecule has 0 aliphatic heterocycles. The summed E-state index contributed by atoms with van der Waals surface area (Å²) in [4.78, 5) is 16.1. The molecular formula is C14H7Cl2NO2. The highest BCUT2D eigenvalue weighted by Crippen LogP contribution is 2.28. The van der Waals surface area contributed by atoms with Crippen molar-refractivity contribution < 1.29 is 9.21 Å². The van der Waals surface area contributed by atoms with Crippen LogP contribution in [0, 0.1) is 0 Å². The molecule has 0 saturated heterocycles. The summed E-state index contributed by atoms with van der Waals surface area (Å²) in [6, 6.07) is 8.55. The first kappa shape index (κ1) is 12.2. The van der Waals surface area contributed by atoms with Gasteiger partial charge in [-0.2, -0.15) is 0 Å². The Morgan fingerprint density at radius 1 is 1.16 bits per heavy atom. The molecule has 3 aromatic rings. The number of fused-ring (bicyclic) bond motifs is 1. The highest BCUT2D eigenvalue weighted by molar-refractivity contribution is 6.35. The lowest BCUT2D eigenvalue weighted by atomic mass is 10.1. The number of rotatable bonds is 2. The fraction of sp³-hybridized carbons (Fsp3) is 0. The van der Waals surface area contributed by atoms with Gasteiger partial charge in [-0.3, -0.25) is 9.78 Å². The number of ketones is 1. The van der Waals surface area contributed by atoms with Crippen LogP contribution in [0.4, 0.5) is 0 Å². The molecule has 0 aliphatic rings. The summed E-state index contributed by atoms with van der Waals surface area (Å²) in [6.45, 7) is 0. The zero-order valence-corrected chi connectivity index (χ0v) is 11.1. The molecule has 2 aromatic heterocycles. The first-order chi connectivity index (χ1) is 9.16. The van der Waals surface area contributed by atoms with Gasteiger partial charge in [-0.1, -0.05) is 35.3 Å². The van der Waals surface area contributed by atoms with Gasteiger partial charge in [-0.15, -0.1) is 0 Å². The van der Waals surface area contributed by atoms with Crippen molar-refractivity contribution in [3.8, 4) is 0 Å². The predicted octanol–water partition coefficient (Wildman–Crippen LogP) is 4.37. The average molecular weight is 292 g/mol. The van der Waals surface area contributed by atoms with Crippen LogP contribution >= 0.6 is 23.2 Å². The van der Waals surface area contributed by atoms with Crippen LogP contribution in [0.25, 0.3) is 11.0 Å². The monoisotopic (exact) mass is 291 g/mol. The van der Waals surface area contributed by atoms with Gasteiger partial charge in [0.15, 0.2) is 11.3 Å². The van der Waals surface area contributed by atoms with E-state index in [1.54, 1.807) is 24.3 Å². The summed E-state index contributed by atoms with van der Waals surface area (Å²) >= 11 is 12.0. The van der Waals surface area contributed by atoms with Gasteiger partial charge in [-0.25, -0.2) is 0 Å². The first-order valence-electron chi connectivity index (χ1n) is 5.49. The zero-order chi connectivity index (χ0) is 13.4. The minimum Gasteiger partial charge on any atom is -0.451 e. The molecule has 3 rings (SSSR count). The Hall–Kier alpha value is -1.84. The van der Waals surface area contributed by atoms with Crippen molar-refractivity contribution in [1.82, 2.24) is 4.98 Å². The Morgan fingerprint density at radius 3 is 2.74 bits per heavy atom. The predicted molar refractivity (Wildman–Crippen MR) is 73.9 cm³/mol. The first-order valence-corrected chi connectivity index (χ1v) is 6.24. The van der Waals surface area contributed by atoms with Crippen molar-refractivity contribution in [2.24, 2.45) is 0 Å². The van der Waals surface area contributed by atoms with E-state index in [9.17, 15) is 4.79 Å². The molecule has 94 valence electrons. The van der Waals surface area contributed by atoms with Crippen molar-refractivity contribution in [2.45, 2.75) is 0 Å². The van der Waals surface area contributed by atoms with Gasteiger partial charge >= 0.3 is 0 Å². The summed E-state index contributed by atoms with van der Waals surface area (Å²) in [7, 11) is 0. The number of carbonyl (C=O) groups is 1. The van der Waals surface area contributed by atoms with E-state index in [-0.39, 0.29) is 11.5 Å². The maximum absolute atomic E-state index is 12.3. The van der Waals surface area contributed by atoms with Crippen LogP contribution in [0.3, 0.4) is 0 Å². The fourth-order valence-corrected chi connectivity index (χ4v) is 2.26. The second-order valence-electron chi connectivity index (χ2n) is 3.95. The molecular weight excluding hydrogens is 285 g/mol. The molecule has 5 heteroatoms. The average Bonchev–Trinajstić information content (AvgIpc) is 2.84. The van der Waals surface area contributed by atoms with E-state index in [4.69, 9.17) is 27.6 Å². The number of nitrogens with zero attached hydrogens (tertiary/aromatic N) is 1. The number of hydrogen-bond acceptors (Lipinski definition) is 3. The topological polar surface area (TPSA) is 43.1 Å². The van der Waals surface area contributed by atoms with E-state index in [1.165, 1.54) is 12.4 Å². The lowest BCUT2D eigenvalue weighted by molar-refractivity contribution is 0.101. The molecule has 0 unspecified atom stereocenters. The second kappa shape index (κ2) is 4.68. The summed E-state index contributed by atoms with van der Waals surface area (Å²) in [5, 5.41) is 1.54. The Bertz CT molecular complexity index is 780. The van der Waals surface area contributed by atoms with Crippen molar-refractivity contribution in [3.05, 3.63) is 64.1 Å². The number of aromatic nitrogens is 1. The molecule has 19 heavy (non-hydrogen) atoms. The molecule has 0 fully saturated rings. The fourth-order valence-electron chi connectivity index (χ4n) is 1.83. The van der Waals surface area contributed by atoms with Gasteiger partial charge < -0.3 is 4.42 Å². The van der Waals surface area contributed by atoms with Gasteiger partial charge in [-0.05, 0) is 18.2 Å². The highest BCUT2D eigenvalue weighted by Gasteiger charge is 2.18. The Kier molecular flexibility index (Phi) is 3.01. The Balaban J connectivity index is 2.12. The molecule has 2 heterocycles. The smallest absolute Gasteiger partial charge is 0.229 e. The van der Waals surface area contributed by atoms with E-state index in [2.05, 4.69) is 4.98 Å². The third kappa shape index (κ3) is 2.11. The summed E-state index contributed by atoms with van der Waals surface area (Å²) in [5.41, 5.74) is 0.851. The number of halogens is 2. The largest absolute Gasteiger partial charge is 0.451 e. The number of benzene rings is 1. The summed E-state index contributed by atoms with van der Waals surface area (Å²) in [6.07, 6.45) is 2.93. The molecule has 0 spiro atoms. The Morgan fingerprint density at radius 2 is 2.00 bits per heavy atom. The molecule has 0 radical (unpaired) electrons. The van der Waals surface area contributed by atoms with Gasteiger partial charge in [0.05, 0.1) is 10.0 Å². The standard InChI is InChI=1S/C14H7Cl2NO2/c15-10-3-1-2-8-6-12(19-14(8)10)13(18)9-4-5-17-7-11(9)16/h1-7H. The van der Waals surface area contributed by atoms with E-state index >= 15 is 0 Å². The highest BCUT2D eigenvalue weighted by atomic mass is 35.5.